The van der Waals surface area contributed by atoms with Crippen LogP contribution in [0.1, 0.15) is 65.4 Å². The molecule has 1 fully saturated rings. The third-order valence-corrected chi connectivity index (χ3v) is 8.03. The van der Waals surface area contributed by atoms with E-state index in [4.69, 9.17) is 25.8 Å². The van der Waals surface area contributed by atoms with E-state index in [0.29, 0.717) is 50.0 Å². The molecule has 1 saturated heterocycles. The predicted octanol–water partition coefficient (Wildman–Crippen LogP) is 4.91. The average Bonchev–Trinajstić information content (AvgIpc) is 2.90. The molecule has 4 atom stereocenters. The number of halogens is 1. The molecule has 2 amide bonds. The van der Waals surface area contributed by atoms with E-state index >= 15 is 0 Å². The first-order valence-electron chi connectivity index (χ1n) is 14.5. The minimum Gasteiger partial charge on any atom is -0.492 e. The van der Waals surface area contributed by atoms with Gasteiger partial charge in [-0.1, -0.05) is 45.4 Å². The molecule has 10 heteroatoms. The van der Waals surface area contributed by atoms with Crippen LogP contribution in [0.3, 0.4) is 0 Å². The summed E-state index contributed by atoms with van der Waals surface area (Å²) >= 11 is 6.35. The number of carbonyl (C=O) groups excluding carboxylic acids is 1. The van der Waals surface area contributed by atoms with Gasteiger partial charge in [-0.2, -0.15) is 0 Å². The van der Waals surface area contributed by atoms with Gasteiger partial charge < -0.3 is 35.1 Å². The van der Waals surface area contributed by atoms with Crippen molar-refractivity contribution in [1.82, 2.24) is 10.6 Å². The molecule has 1 aliphatic heterocycles. The maximum atomic E-state index is 13.1. The fraction of sp³-hybridized carbons (Fsp3) is 0.733. The van der Waals surface area contributed by atoms with E-state index in [9.17, 15) is 19.8 Å². The maximum Gasteiger partial charge on any atom is 0.404 e. The lowest BCUT2D eigenvalue weighted by Gasteiger charge is -2.33. The number of carboxylic acid groups (broad SMARTS) is 1. The highest BCUT2D eigenvalue weighted by atomic mass is 35.5. The molecule has 1 aromatic carbocycles. The van der Waals surface area contributed by atoms with Gasteiger partial charge in [0.2, 0.25) is 5.91 Å². The number of benzene rings is 1. The van der Waals surface area contributed by atoms with E-state index in [1.54, 1.807) is 7.11 Å². The Kier molecular flexibility index (Phi) is 15.1. The Balaban J connectivity index is 2.12. The number of aliphatic hydroxyl groups is 1. The van der Waals surface area contributed by atoms with E-state index in [2.05, 4.69) is 24.5 Å². The summed E-state index contributed by atoms with van der Waals surface area (Å²) in [6.45, 7) is 10.4. The second kappa shape index (κ2) is 17.7. The quantitative estimate of drug-likeness (QED) is 0.192. The zero-order valence-electron chi connectivity index (χ0n) is 24.7. The van der Waals surface area contributed by atoms with Gasteiger partial charge in [-0.3, -0.25) is 4.79 Å². The Morgan fingerprint density at radius 3 is 2.40 bits per heavy atom. The molecule has 228 valence electrons. The van der Waals surface area contributed by atoms with Gasteiger partial charge in [0.25, 0.3) is 0 Å². The molecule has 0 aromatic heterocycles. The van der Waals surface area contributed by atoms with Crippen LogP contribution in [0.4, 0.5) is 4.79 Å². The van der Waals surface area contributed by atoms with Crippen LogP contribution in [0.15, 0.2) is 18.2 Å². The summed E-state index contributed by atoms with van der Waals surface area (Å²) in [5.74, 6) is 0.315. The molecule has 9 nitrogen and oxygen atoms in total. The molecule has 2 rings (SSSR count). The first kappa shape index (κ1) is 34.1. The minimum absolute atomic E-state index is 0.0164. The first-order valence-corrected chi connectivity index (χ1v) is 14.8. The summed E-state index contributed by atoms with van der Waals surface area (Å²) in [6.07, 6.45) is 1.31. The van der Waals surface area contributed by atoms with E-state index in [1.165, 1.54) is 0 Å². The minimum atomic E-state index is -1.20. The van der Waals surface area contributed by atoms with Crippen molar-refractivity contribution in [1.29, 1.82) is 0 Å². The highest BCUT2D eigenvalue weighted by molar-refractivity contribution is 6.32. The second-order valence-electron chi connectivity index (χ2n) is 11.5. The van der Waals surface area contributed by atoms with Crippen LogP contribution in [0.25, 0.3) is 0 Å². The first-order chi connectivity index (χ1) is 19.0. The Labute approximate surface area is 244 Å². The smallest absolute Gasteiger partial charge is 0.404 e. The van der Waals surface area contributed by atoms with Crippen LogP contribution in [0, 0.1) is 23.7 Å². The van der Waals surface area contributed by atoms with Crippen LogP contribution in [0.2, 0.25) is 5.02 Å². The summed E-state index contributed by atoms with van der Waals surface area (Å²) in [5.41, 5.74) is 1.02. The molecule has 40 heavy (non-hydrogen) atoms. The number of methoxy groups -OCH3 is 1. The van der Waals surface area contributed by atoms with Gasteiger partial charge in [0.15, 0.2) is 0 Å². The summed E-state index contributed by atoms with van der Waals surface area (Å²) in [7, 11) is 1.65. The lowest BCUT2D eigenvalue weighted by atomic mass is 9.80. The van der Waals surface area contributed by atoms with Gasteiger partial charge >= 0.3 is 6.09 Å². The number of carbonyl (C=O) groups is 2. The van der Waals surface area contributed by atoms with Gasteiger partial charge in [-0.05, 0) is 67.6 Å². The molecule has 0 saturated carbocycles. The Morgan fingerprint density at radius 1 is 1.10 bits per heavy atom. The van der Waals surface area contributed by atoms with Gasteiger partial charge in [0.05, 0.1) is 23.8 Å². The number of aliphatic hydroxyl groups excluding tert-OH is 1. The van der Waals surface area contributed by atoms with Crippen molar-refractivity contribution in [3.8, 4) is 5.75 Å². The average molecular weight is 585 g/mol. The van der Waals surface area contributed by atoms with Crippen LogP contribution < -0.4 is 15.4 Å². The summed E-state index contributed by atoms with van der Waals surface area (Å²) < 4.78 is 16.3. The van der Waals surface area contributed by atoms with Crippen molar-refractivity contribution in [2.45, 2.75) is 84.4 Å². The molecule has 4 N–H and O–H groups in total. The lowest BCUT2D eigenvalue weighted by Crippen LogP contribution is -2.48. The number of amides is 2. The monoisotopic (exact) mass is 584 g/mol. The third-order valence-electron chi connectivity index (χ3n) is 7.72. The molecular formula is C30H49ClN2O7. The second-order valence-corrected chi connectivity index (χ2v) is 11.9. The van der Waals surface area contributed by atoms with Gasteiger partial charge in [-0.15, -0.1) is 0 Å². The molecule has 1 heterocycles. The van der Waals surface area contributed by atoms with Gasteiger partial charge in [-0.25, -0.2) is 4.79 Å². The zero-order valence-corrected chi connectivity index (χ0v) is 25.4. The van der Waals surface area contributed by atoms with E-state index < -0.39 is 24.2 Å². The fourth-order valence-corrected chi connectivity index (χ4v) is 5.29. The largest absolute Gasteiger partial charge is 0.492 e. The molecule has 0 radical (unpaired) electrons. The predicted molar refractivity (Wildman–Crippen MR) is 156 cm³/mol. The number of rotatable bonds is 17. The summed E-state index contributed by atoms with van der Waals surface area (Å²) in [6, 6.07) is 5.03. The van der Waals surface area contributed by atoms with Crippen molar-refractivity contribution in [2.24, 2.45) is 23.7 Å². The number of nitrogens with one attached hydrogen (secondary N) is 2. The number of hydrogen-bond donors (Lipinski definition) is 4. The summed E-state index contributed by atoms with van der Waals surface area (Å²) in [5, 5.41) is 27.0. The molecule has 1 aliphatic rings. The summed E-state index contributed by atoms with van der Waals surface area (Å²) in [4.78, 5) is 24.9. The van der Waals surface area contributed by atoms with E-state index in [-0.39, 0.29) is 36.1 Å². The van der Waals surface area contributed by atoms with Crippen molar-refractivity contribution < 1.29 is 34.0 Å². The molecule has 1 aromatic rings. The Morgan fingerprint density at radius 2 is 1.80 bits per heavy atom. The van der Waals surface area contributed by atoms with Crippen molar-refractivity contribution in [3.63, 3.8) is 0 Å². The topological polar surface area (TPSA) is 126 Å². The van der Waals surface area contributed by atoms with Gasteiger partial charge in [0, 0.05) is 45.3 Å². The SMILES string of the molecule is COCCCOc1cc(CC(CC(NC(=O)O)C(O)CC(C(=O)NC2CCOCC2)C(C)C)C(C)C)ccc1Cl. The highest BCUT2D eigenvalue weighted by Gasteiger charge is 2.33. The maximum absolute atomic E-state index is 13.1. The van der Waals surface area contributed by atoms with Gasteiger partial charge in [0.1, 0.15) is 5.75 Å². The molecule has 0 aliphatic carbocycles. The molecule has 4 unspecified atom stereocenters. The normalized spacial score (nSPS) is 17.3. The number of ether oxygens (including phenoxy) is 3. The molecular weight excluding hydrogens is 536 g/mol. The Hall–Kier alpha value is -2.07. The van der Waals surface area contributed by atoms with Crippen LogP contribution >= 0.6 is 11.6 Å². The fourth-order valence-electron chi connectivity index (χ4n) is 5.12. The number of hydrogen-bond acceptors (Lipinski definition) is 6. The standard InChI is InChI=1S/C30H49ClN2O7/c1-19(2)22(15-21-7-8-25(31)28(16-21)40-12-6-11-38-5)17-26(33-30(36)37)27(34)18-24(20(3)4)29(35)32-23-9-13-39-14-10-23/h7-8,16,19-20,22-24,26-27,33-34H,6,9-15,17-18H2,1-5H3,(H,32,35)(H,36,37). The highest BCUT2D eigenvalue weighted by Crippen LogP contribution is 2.31. The third kappa shape index (κ3) is 11.8. The van der Waals surface area contributed by atoms with E-state index in [0.717, 1.165) is 24.8 Å². The molecule has 0 spiro atoms. The van der Waals surface area contributed by atoms with Crippen molar-refractivity contribution in [2.75, 3.05) is 33.5 Å². The van der Waals surface area contributed by atoms with Crippen LogP contribution in [0.5, 0.6) is 5.75 Å². The zero-order chi connectivity index (χ0) is 29.7. The van der Waals surface area contributed by atoms with E-state index in [1.807, 2.05) is 32.0 Å². The molecule has 0 bridgehead atoms. The van der Waals surface area contributed by atoms with Crippen molar-refractivity contribution in [3.05, 3.63) is 28.8 Å². The Bertz CT molecular complexity index is 908. The van der Waals surface area contributed by atoms with Crippen LogP contribution in [-0.4, -0.2) is 73.9 Å². The van der Waals surface area contributed by atoms with Crippen LogP contribution in [-0.2, 0) is 20.7 Å². The van der Waals surface area contributed by atoms with Crippen molar-refractivity contribution >= 4 is 23.6 Å². The lowest BCUT2D eigenvalue weighted by molar-refractivity contribution is -0.129.